The maximum Gasteiger partial charge on any atom is 0.169 e. The number of rotatable bonds is 5. The summed E-state index contributed by atoms with van der Waals surface area (Å²) in [4.78, 5) is 0. The van der Waals surface area contributed by atoms with Crippen LogP contribution in [0.25, 0.3) is 0 Å². The monoisotopic (exact) mass is 361 g/mol. The minimum absolute atomic E-state index is 0.183. The molecule has 0 aliphatic rings. The van der Waals surface area contributed by atoms with Gasteiger partial charge in [-0.2, -0.15) is 0 Å². The molecule has 3 heteroatoms. The van der Waals surface area contributed by atoms with E-state index in [1.165, 1.54) is 0 Å². The van der Waals surface area contributed by atoms with Crippen molar-refractivity contribution in [2.45, 2.75) is 31.4 Å². The fourth-order valence-corrected chi connectivity index (χ4v) is 4.29. The fraction of sp³-hybridized carbons (Fsp3) is 0.217. The van der Waals surface area contributed by atoms with Crippen LogP contribution in [0.3, 0.4) is 0 Å². The molecule has 0 atom stereocenters. The molecule has 0 heterocycles. The van der Waals surface area contributed by atoms with Gasteiger partial charge in [-0.05, 0) is 33.9 Å². The lowest BCUT2D eigenvalue weighted by Crippen LogP contribution is -2.36. The minimum Gasteiger partial charge on any atom is -0.406 e. The van der Waals surface area contributed by atoms with Crippen molar-refractivity contribution in [3.63, 3.8) is 0 Å². The lowest BCUT2D eigenvalue weighted by Gasteiger charge is -2.38. The van der Waals surface area contributed by atoms with Gasteiger partial charge in [0.15, 0.2) is 9.76 Å². The Bertz CT molecular complexity index is 784. The van der Waals surface area contributed by atoms with Crippen LogP contribution in [0, 0.1) is 0 Å². The van der Waals surface area contributed by atoms with Crippen LogP contribution in [0.15, 0.2) is 84.9 Å². The molecule has 0 spiro atoms. The van der Waals surface area contributed by atoms with Gasteiger partial charge in [0.25, 0.3) is 0 Å². The molecule has 0 aliphatic heterocycles. The molecule has 0 saturated carbocycles. The lowest BCUT2D eigenvalue weighted by molar-refractivity contribution is 0.157. The van der Waals surface area contributed by atoms with Crippen LogP contribution in [0.4, 0.5) is 5.69 Å². The summed E-state index contributed by atoms with van der Waals surface area (Å²) >= 11 is 0. The first-order valence-electron chi connectivity index (χ1n) is 9.03. The molecule has 3 rings (SSSR count). The Balaban J connectivity index is 2.25. The molecule has 0 amide bonds. The van der Waals surface area contributed by atoms with Gasteiger partial charge in [0.1, 0.15) is 5.60 Å². The highest BCUT2D eigenvalue weighted by Crippen LogP contribution is 2.42. The highest BCUT2D eigenvalue weighted by molar-refractivity contribution is 6.32. The van der Waals surface area contributed by atoms with E-state index < -0.39 is 15.4 Å². The lowest BCUT2D eigenvalue weighted by atomic mass is 9.80. The van der Waals surface area contributed by atoms with E-state index in [-0.39, 0.29) is 5.04 Å². The van der Waals surface area contributed by atoms with Crippen LogP contribution in [0.5, 0.6) is 0 Å². The molecule has 0 bridgehead atoms. The first kappa shape index (κ1) is 18.4. The van der Waals surface area contributed by atoms with Crippen molar-refractivity contribution in [3.05, 3.63) is 102 Å². The van der Waals surface area contributed by atoms with Crippen LogP contribution < -0.4 is 5.73 Å². The molecule has 0 aromatic heterocycles. The Hall–Kier alpha value is -2.36. The first-order valence-corrected chi connectivity index (χ1v) is 10.3. The van der Waals surface area contributed by atoms with Crippen LogP contribution in [0.1, 0.15) is 37.5 Å². The van der Waals surface area contributed by atoms with E-state index in [1.807, 2.05) is 24.3 Å². The molecule has 0 aliphatic carbocycles. The molecular formula is C23H27NOSi. The summed E-state index contributed by atoms with van der Waals surface area (Å²) < 4.78 is 6.89. The van der Waals surface area contributed by atoms with E-state index in [4.69, 9.17) is 10.2 Å². The normalized spacial score (nSPS) is 12.6. The van der Waals surface area contributed by atoms with Gasteiger partial charge in [-0.15, -0.1) is 0 Å². The van der Waals surface area contributed by atoms with Crippen molar-refractivity contribution < 1.29 is 4.43 Å². The first-order chi connectivity index (χ1) is 12.4. The molecular weight excluding hydrogens is 334 g/mol. The second-order valence-corrected chi connectivity index (χ2v) is 10.6. The van der Waals surface area contributed by atoms with Crippen molar-refractivity contribution in [2.24, 2.45) is 0 Å². The van der Waals surface area contributed by atoms with E-state index >= 15 is 0 Å². The van der Waals surface area contributed by atoms with E-state index in [1.54, 1.807) is 0 Å². The molecule has 134 valence electrons. The number of hydrogen-bond acceptors (Lipinski definition) is 2. The van der Waals surface area contributed by atoms with Crippen LogP contribution in [-0.4, -0.2) is 9.76 Å². The summed E-state index contributed by atoms with van der Waals surface area (Å²) in [6, 6.07) is 29.1. The number of hydrogen-bond donors (Lipinski definition) is 1. The Kier molecular flexibility index (Phi) is 5.30. The van der Waals surface area contributed by atoms with E-state index in [0.717, 1.165) is 22.4 Å². The fourth-order valence-electron chi connectivity index (χ4n) is 3.14. The Morgan fingerprint density at radius 2 is 1.08 bits per heavy atom. The second kappa shape index (κ2) is 7.48. The van der Waals surface area contributed by atoms with Gasteiger partial charge in [-0.1, -0.05) is 93.6 Å². The summed E-state index contributed by atoms with van der Waals surface area (Å²) in [6.45, 7) is 6.76. The largest absolute Gasteiger partial charge is 0.406 e. The highest BCUT2D eigenvalue weighted by atomic mass is 28.2. The molecule has 2 N–H and O–H groups in total. The van der Waals surface area contributed by atoms with Gasteiger partial charge >= 0.3 is 0 Å². The molecule has 3 aromatic rings. The summed E-state index contributed by atoms with van der Waals surface area (Å²) in [7, 11) is -0.827. The van der Waals surface area contributed by atoms with Crippen molar-refractivity contribution >= 4 is 15.5 Å². The van der Waals surface area contributed by atoms with Crippen LogP contribution in [0.2, 0.25) is 5.04 Å². The number of nitrogens with two attached hydrogens (primary N) is 1. The zero-order chi connectivity index (χ0) is 18.6. The van der Waals surface area contributed by atoms with Crippen LogP contribution >= 0.6 is 0 Å². The third-order valence-electron chi connectivity index (χ3n) is 4.40. The topological polar surface area (TPSA) is 35.2 Å². The number of anilines is 1. The van der Waals surface area contributed by atoms with Gasteiger partial charge in [0, 0.05) is 5.69 Å². The average molecular weight is 362 g/mol. The summed E-state index contributed by atoms with van der Waals surface area (Å²) in [5.41, 5.74) is 9.51. The van der Waals surface area contributed by atoms with Crippen LogP contribution in [-0.2, 0) is 10.0 Å². The zero-order valence-electron chi connectivity index (χ0n) is 15.8. The predicted octanol–water partition coefficient (Wildman–Crippen LogP) is 4.88. The van der Waals surface area contributed by atoms with Gasteiger partial charge in [0.05, 0.1) is 0 Å². The van der Waals surface area contributed by atoms with E-state index in [2.05, 4.69) is 81.4 Å². The SMILES string of the molecule is CC(C)(C)[SiH2]OC(c1ccccc1)(c1ccccc1)c1ccc(N)cc1. The van der Waals surface area contributed by atoms with Gasteiger partial charge in [-0.3, -0.25) is 0 Å². The van der Waals surface area contributed by atoms with Crippen molar-refractivity contribution in [2.75, 3.05) is 5.73 Å². The van der Waals surface area contributed by atoms with Gasteiger partial charge < -0.3 is 10.2 Å². The van der Waals surface area contributed by atoms with Crippen molar-refractivity contribution in [1.82, 2.24) is 0 Å². The summed E-state index contributed by atoms with van der Waals surface area (Å²) in [5, 5.41) is 0.183. The Labute approximate surface area is 159 Å². The highest BCUT2D eigenvalue weighted by Gasteiger charge is 2.38. The average Bonchev–Trinajstić information content (AvgIpc) is 2.64. The zero-order valence-corrected chi connectivity index (χ0v) is 17.2. The quantitative estimate of drug-likeness (QED) is 0.399. The molecule has 26 heavy (non-hydrogen) atoms. The van der Waals surface area contributed by atoms with Crippen molar-refractivity contribution in [3.8, 4) is 0 Å². The van der Waals surface area contributed by atoms with Gasteiger partial charge in [-0.25, -0.2) is 0 Å². The van der Waals surface area contributed by atoms with Gasteiger partial charge in [0.2, 0.25) is 0 Å². The predicted molar refractivity (Wildman–Crippen MR) is 113 cm³/mol. The third kappa shape index (κ3) is 3.90. The minimum atomic E-state index is -0.827. The molecule has 0 fully saturated rings. The summed E-state index contributed by atoms with van der Waals surface area (Å²) in [6.07, 6.45) is 0. The maximum atomic E-state index is 6.89. The smallest absolute Gasteiger partial charge is 0.169 e. The third-order valence-corrected chi connectivity index (χ3v) is 5.84. The molecule has 0 radical (unpaired) electrons. The molecule has 0 saturated heterocycles. The number of benzene rings is 3. The Morgan fingerprint density at radius 1 is 0.654 bits per heavy atom. The van der Waals surface area contributed by atoms with E-state index in [0.29, 0.717) is 0 Å². The standard InChI is InChI=1S/C23H27NOSi/c1-22(2,3)26-25-23(18-10-6-4-7-11-18,19-12-8-5-9-13-19)20-14-16-21(24)17-15-20/h4-17H,24,26H2,1-3H3. The molecule has 0 unspecified atom stereocenters. The Morgan fingerprint density at radius 3 is 1.50 bits per heavy atom. The molecule has 3 aromatic carbocycles. The van der Waals surface area contributed by atoms with E-state index in [9.17, 15) is 0 Å². The number of nitrogen functional groups attached to an aromatic ring is 1. The second-order valence-electron chi connectivity index (χ2n) is 7.88. The molecule has 2 nitrogen and oxygen atoms in total. The maximum absolute atomic E-state index is 6.89. The summed E-state index contributed by atoms with van der Waals surface area (Å²) in [5.74, 6) is 0. The van der Waals surface area contributed by atoms with Crippen molar-refractivity contribution in [1.29, 1.82) is 0 Å².